The fraction of sp³-hybridized carbons (Fsp3) is 0.667. The molecule has 3 nitrogen and oxygen atoms in total. The fourth-order valence-electron chi connectivity index (χ4n) is 0.859. The van der Waals surface area contributed by atoms with Crippen molar-refractivity contribution in [2.24, 2.45) is 0 Å². The van der Waals surface area contributed by atoms with E-state index in [1.54, 1.807) is 6.92 Å². The summed E-state index contributed by atoms with van der Waals surface area (Å²) in [6.07, 6.45) is -3.93. The molecule has 0 fully saturated rings. The molecule has 0 saturated heterocycles. The molecular weight excluding hydrogens is 171 g/mol. The van der Waals surface area contributed by atoms with Crippen LogP contribution < -0.4 is 0 Å². The summed E-state index contributed by atoms with van der Waals surface area (Å²) in [5, 5.41) is 6.76. The number of nitrogens with zero attached hydrogens (tertiary/aromatic N) is 3. The first-order valence-electron chi connectivity index (χ1n) is 3.46. The quantitative estimate of drug-likeness (QED) is 0.687. The zero-order valence-electron chi connectivity index (χ0n) is 6.47. The Balaban J connectivity index is 2.75. The Bertz CT molecular complexity index is 253. The SMILES string of the molecule is CCn1cnnc1CC(F)(F)F. The Morgan fingerprint density at radius 3 is 2.67 bits per heavy atom. The summed E-state index contributed by atoms with van der Waals surface area (Å²) in [6.45, 7) is 2.20. The van der Waals surface area contributed by atoms with Gasteiger partial charge in [0.15, 0.2) is 0 Å². The molecule has 1 heterocycles. The molecule has 0 aliphatic carbocycles. The van der Waals surface area contributed by atoms with E-state index in [9.17, 15) is 13.2 Å². The van der Waals surface area contributed by atoms with Crippen molar-refractivity contribution >= 4 is 0 Å². The molecule has 0 unspecified atom stereocenters. The summed E-state index contributed by atoms with van der Waals surface area (Å²) in [6, 6.07) is 0. The van der Waals surface area contributed by atoms with Gasteiger partial charge in [0.1, 0.15) is 18.6 Å². The van der Waals surface area contributed by atoms with E-state index in [0.717, 1.165) is 0 Å². The minimum Gasteiger partial charge on any atom is -0.318 e. The monoisotopic (exact) mass is 179 g/mol. The van der Waals surface area contributed by atoms with Gasteiger partial charge in [0.05, 0.1) is 0 Å². The van der Waals surface area contributed by atoms with Gasteiger partial charge < -0.3 is 4.57 Å². The summed E-state index contributed by atoms with van der Waals surface area (Å²) < 4.78 is 36.9. The molecule has 6 heteroatoms. The molecule has 0 saturated carbocycles. The lowest BCUT2D eigenvalue weighted by atomic mass is 10.4. The topological polar surface area (TPSA) is 30.7 Å². The first kappa shape index (κ1) is 9.02. The smallest absolute Gasteiger partial charge is 0.318 e. The first-order valence-corrected chi connectivity index (χ1v) is 3.46. The van der Waals surface area contributed by atoms with Crippen LogP contribution in [-0.2, 0) is 13.0 Å². The molecule has 0 radical (unpaired) electrons. The summed E-state index contributed by atoms with van der Waals surface area (Å²) >= 11 is 0. The van der Waals surface area contributed by atoms with Gasteiger partial charge in [-0.05, 0) is 6.92 Å². The standard InChI is InChI=1S/C6H8F3N3/c1-2-12-4-10-11-5(12)3-6(7,8)9/h4H,2-3H2,1H3. The molecule has 0 aliphatic heterocycles. The van der Waals surface area contributed by atoms with Crippen molar-refractivity contribution in [1.82, 2.24) is 14.8 Å². The van der Waals surface area contributed by atoms with E-state index in [1.165, 1.54) is 10.9 Å². The van der Waals surface area contributed by atoms with Gasteiger partial charge in [-0.3, -0.25) is 0 Å². The normalized spacial score (nSPS) is 12.0. The summed E-state index contributed by atoms with van der Waals surface area (Å²) in [5.41, 5.74) is 0. The number of rotatable bonds is 2. The van der Waals surface area contributed by atoms with Crippen LogP contribution in [0.1, 0.15) is 12.7 Å². The van der Waals surface area contributed by atoms with Crippen LogP contribution in [0.15, 0.2) is 6.33 Å². The highest BCUT2D eigenvalue weighted by Crippen LogP contribution is 2.19. The molecule has 12 heavy (non-hydrogen) atoms. The summed E-state index contributed by atoms with van der Waals surface area (Å²) in [7, 11) is 0. The Hall–Kier alpha value is -1.07. The van der Waals surface area contributed by atoms with Gasteiger partial charge in [0.2, 0.25) is 0 Å². The van der Waals surface area contributed by atoms with Crippen LogP contribution in [0.2, 0.25) is 0 Å². The van der Waals surface area contributed by atoms with Crippen molar-refractivity contribution in [1.29, 1.82) is 0 Å². The second kappa shape index (κ2) is 3.12. The van der Waals surface area contributed by atoms with Crippen LogP contribution in [0, 0.1) is 0 Å². The van der Waals surface area contributed by atoms with E-state index in [-0.39, 0.29) is 5.82 Å². The largest absolute Gasteiger partial charge is 0.396 e. The molecule has 0 bridgehead atoms. The zero-order valence-corrected chi connectivity index (χ0v) is 6.47. The second-order valence-corrected chi connectivity index (χ2v) is 2.33. The number of hydrogen-bond donors (Lipinski definition) is 0. The van der Waals surface area contributed by atoms with E-state index >= 15 is 0 Å². The molecule has 0 spiro atoms. The fourth-order valence-corrected chi connectivity index (χ4v) is 0.859. The first-order chi connectivity index (χ1) is 5.53. The minimum atomic E-state index is -4.21. The maximum atomic E-state index is 11.9. The van der Waals surface area contributed by atoms with E-state index < -0.39 is 12.6 Å². The lowest BCUT2D eigenvalue weighted by Gasteiger charge is -2.05. The predicted molar refractivity (Wildman–Crippen MR) is 35.5 cm³/mol. The van der Waals surface area contributed by atoms with Crippen molar-refractivity contribution in [3.05, 3.63) is 12.2 Å². The lowest BCUT2D eigenvalue weighted by Crippen LogP contribution is -2.15. The van der Waals surface area contributed by atoms with Crippen molar-refractivity contribution in [3.8, 4) is 0 Å². The summed E-state index contributed by atoms with van der Waals surface area (Å²) in [5.74, 6) is -0.0370. The second-order valence-electron chi connectivity index (χ2n) is 2.33. The Kier molecular flexibility index (Phi) is 2.35. The van der Waals surface area contributed by atoms with E-state index in [2.05, 4.69) is 10.2 Å². The van der Waals surface area contributed by atoms with Gasteiger partial charge in [-0.25, -0.2) is 0 Å². The third-order valence-electron chi connectivity index (χ3n) is 1.39. The molecule has 0 amide bonds. The Labute approximate surface area is 67.2 Å². The highest BCUT2D eigenvalue weighted by atomic mass is 19.4. The Morgan fingerprint density at radius 1 is 1.50 bits per heavy atom. The molecule has 0 N–H and O–H groups in total. The van der Waals surface area contributed by atoms with Crippen LogP contribution in [0.5, 0.6) is 0 Å². The maximum absolute atomic E-state index is 11.9. The average molecular weight is 179 g/mol. The van der Waals surface area contributed by atoms with E-state index in [0.29, 0.717) is 6.54 Å². The molecule has 0 atom stereocenters. The molecule has 68 valence electrons. The number of aromatic nitrogens is 3. The number of halogens is 3. The van der Waals surface area contributed by atoms with E-state index in [1.807, 2.05) is 0 Å². The van der Waals surface area contributed by atoms with Gasteiger partial charge >= 0.3 is 6.18 Å². The highest BCUT2D eigenvalue weighted by Gasteiger charge is 2.30. The zero-order chi connectivity index (χ0) is 9.19. The Morgan fingerprint density at radius 2 is 2.17 bits per heavy atom. The maximum Gasteiger partial charge on any atom is 0.396 e. The number of alkyl halides is 3. The third-order valence-corrected chi connectivity index (χ3v) is 1.39. The van der Waals surface area contributed by atoms with Crippen molar-refractivity contribution in [3.63, 3.8) is 0 Å². The van der Waals surface area contributed by atoms with Crippen molar-refractivity contribution < 1.29 is 13.2 Å². The summed E-state index contributed by atoms with van der Waals surface area (Å²) in [4.78, 5) is 0. The lowest BCUT2D eigenvalue weighted by molar-refractivity contribution is -0.129. The van der Waals surface area contributed by atoms with Crippen LogP contribution in [0.3, 0.4) is 0 Å². The van der Waals surface area contributed by atoms with E-state index in [4.69, 9.17) is 0 Å². The number of hydrogen-bond acceptors (Lipinski definition) is 2. The predicted octanol–water partition coefficient (Wildman–Crippen LogP) is 1.40. The van der Waals surface area contributed by atoms with Gasteiger partial charge in [0, 0.05) is 6.54 Å². The number of aryl methyl sites for hydroxylation is 1. The van der Waals surface area contributed by atoms with Gasteiger partial charge in [0.25, 0.3) is 0 Å². The van der Waals surface area contributed by atoms with Crippen LogP contribution in [0.25, 0.3) is 0 Å². The molecule has 0 aromatic carbocycles. The van der Waals surface area contributed by atoms with Gasteiger partial charge in [-0.15, -0.1) is 10.2 Å². The third kappa shape index (κ3) is 2.21. The van der Waals surface area contributed by atoms with Crippen molar-refractivity contribution in [2.75, 3.05) is 0 Å². The van der Waals surface area contributed by atoms with Crippen LogP contribution >= 0.6 is 0 Å². The molecule has 1 rings (SSSR count). The van der Waals surface area contributed by atoms with Crippen LogP contribution in [-0.4, -0.2) is 20.9 Å². The van der Waals surface area contributed by atoms with Crippen molar-refractivity contribution in [2.45, 2.75) is 26.1 Å². The van der Waals surface area contributed by atoms with Gasteiger partial charge in [-0.2, -0.15) is 13.2 Å². The molecule has 1 aromatic rings. The highest BCUT2D eigenvalue weighted by molar-refractivity contribution is 4.88. The van der Waals surface area contributed by atoms with Gasteiger partial charge in [-0.1, -0.05) is 0 Å². The molecule has 0 aliphatic rings. The molecular formula is C6H8F3N3. The molecule has 1 aromatic heterocycles. The average Bonchev–Trinajstić information content (AvgIpc) is 2.31. The van der Waals surface area contributed by atoms with Crippen LogP contribution in [0.4, 0.5) is 13.2 Å². The minimum absolute atomic E-state index is 0.0370.